The van der Waals surface area contributed by atoms with Gasteiger partial charge in [-0.15, -0.1) is 0 Å². The van der Waals surface area contributed by atoms with Crippen molar-refractivity contribution >= 4 is 0 Å². The molecule has 0 radical (unpaired) electrons. The quantitative estimate of drug-likeness (QED) is 0.792. The fourth-order valence-corrected chi connectivity index (χ4v) is 3.20. The van der Waals surface area contributed by atoms with Crippen molar-refractivity contribution in [1.29, 1.82) is 0 Å². The molecule has 0 saturated heterocycles. The Balaban J connectivity index is 1.94. The van der Waals surface area contributed by atoms with E-state index in [0.29, 0.717) is 6.61 Å². The highest BCUT2D eigenvalue weighted by Crippen LogP contribution is 2.27. The van der Waals surface area contributed by atoms with Crippen molar-refractivity contribution in [1.82, 2.24) is 0 Å². The molecule has 110 valence electrons. The molecule has 0 spiro atoms. The van der Waals surface area contributed by atoms with Gasteiger partial charge in [-0.3, -0.25) is 0 Å². The van der Waals surface area contributed by atoms with Crippen LogP contribution in [0.2, 0.25) is 0 Å². The van der Waals surface area contributed by atoms with Gasteiger partial charge < -0.3 is 10.1 Å². The highest BCUT2D eigenvalue weighted by molar-refractivity contribution is 5.32. The van der Waals surface area contributed by atoms with Crippen LogP contribution in [0, 0.1) is 11.8 Å². The van der Waals surface area contributed by atoms with E-state index in [4.69, 9.17) is 4.74 Å². The summed E-state index contributed by atoms with van der Waals surface area (Å²) in [6.45, 7) is 10.1. The molecule has 0 amide bonds. The minimum Gasteiger partial charge on any atom is -0.489 e. The first-order valence-electron chi connectivity index (χ1n) is 7.87. The Morgan fingerprint density at radius 1 is 1.30 bits per heavy atom. The number of rotatable bonds is 6. The van der Waals surface area contributed by atoms with Crippen molar-refractivity contribution in [3.8, 4) is 5.75 Å². The molecule has 1 saturated carbocycles. The summed E-state index contributed by atoms with van der Waals surface area (Å²) in [5.41, 5.74) is 1.29. The van der Waals surface area contributed by atoms with Crippen LogP contribution in [0.1, 0.15) is 38.7 Å². The SMILES string of the molecule is C=CCOc1ccccc1C[NH2+][C@H]1CCC[C@@H](C)[C@H]1C. The number of quaternary nitrogens is 1. The van der Waals surface area contributed by atoms with E-state index >= 15 is 0 Å². The smallest absolute Gasteiger partial charge is 0.128 e. The van der Waals surface area contributed by atoms with Crippen LogP contribution in [-0.4, -0.2) is 12.6 Å². The first-order chi connectivity index (χ1) is 9.72. The Labute approximate surface area is 123 Å². The van der Waals surface area contributed by atoms with Gasteiger partial charge in [0, 0.05) is 11.5 Å². The molecule has 0 aromatic heterocycles. The summed E-state index contributed by atoms with van der Waals surface area (Å²) in [7, 11) is 0. The molecular weight excluding hydrogens is 246 g/mol. The van der Waals surface area contributed by atoms with Crippen LogP contribution in [-0.2, 0) is 6.54 Å². The molecular formula is C18H28NO+. The Hall–Kier alpha value is -1.28. The predicted molar refractivity (Wildman–Crippen MR) is 83.7 cm³/mol. The minimum absolute atomic E-state index is 0.577. The molecule has 0 bridgehead atoms. The average Bonchev–Trinajstić information content (AvgIpc) is 2.47. The largest absolute Gasteiger partial charge is 0.489 e. The van der Waals surface area contributed by atoms with Gasteiger partial charge in [0.2, 0.25) is 0 Å². The van der Waals surface area contributed by atoms with Gasteiger partial charge in [0.15, 0.2) is 0 Å². The monoisotopic (exact) mass is 274 g/mol. The average molecular weight is 274 g/mol. The Bertz CT molecular complexity index is 429. The van der Waals surface area contributed by atoms with Crippen molar-refractivity contribution < 1.29 is 10.1 Å². The third kappa shape index (κ3) is 3.86. The second kappa shape index (κ2) is 7.49. The molecule has 0 unspecified atom stereocenters. The maximum absolute atomic E-state index is 5.74. The molecule has 0 aliphatic heterocycles. The lowest BCUT2D eigenvalue weighted by Gasteiger charge is -2.32. The van der Waals surface area contributed by atoms with Gasteiger partial charge in [0.05, 0.1) is 6.04 Å². The molecule has 1 aromatic rings. The van der Waals surface area contributed by atoms with E-state index in [9.17, 15) is 0 Å². The van der Waals surface area contributed by atoms with Crippen molar-refractivity contribution in [3.63, 3.8) is 0 Å². The molecule has 1 aromatic carbocycles. The number of hydrogen-bond acceptors (Lipinski definition) is 1. The number of benzene rings is 1. The summed E-state index contributed by atoms with van der Waals surface area (Å²) < 4.78 is 5.74. The van der Waals surface area contributed by atoms with Crippen molar-refractivity contribution in [2.45, 2.75) is 45.7 Å². The molecule has 2 nitrogen and oxygen atoms in total. The van der Waals surface area contributed by atoms with Crippen molar-refractivity contribution in [2.75, 3.05) is 6.61 Å². The van der Waals surface area contributed by atoms with Crippen LogP contribution in [0.15, 0.2) is 36.9 Å². The normalized spacial score (nSPS) is 26.2. The second-order valence-corrected chi connectivity index (χ2v) is 6.08. The third-order valence-electron chi connectivity index (χ3n) is 4.74. The molecule has 2 rings (SSSR count). The summed E-state index contributed by atoms with van der Waals surface area (Å²) in [5, 5.41) is 2.51. The summed E-state index contributed by atoms with van der Waals surface area (Å²) in [6, 6.07) is 9.11. The van der Waals surface area contributed by atoms with Crippen LogP contribution in [0.25, 0.3) is 0 Å². The number of ether oxygens (including phenoxy) is 1. The lowest BCUT2D eigenvalue weighted by Crippen LogP contribution is -2.90. The standard InChI is InChI=1S/C18H27NO/c1-4-12-20-18-11-6-5-9-16(18)13-19-17-10-7-8-14(2)15(17)3/h4-6,9,11,14-15,17,19H,1,7-8,10,12-13H2,2-3H3/p+1/t14-,15-,17+/m1/s1. The maximum atomic E-state index is 5.74. The van der Waals surface area contributed by atoms with Crippen LogP contribution in [0.3, 0.4) is 0 Å². The van der Waals surface area contributed by atoms with Crippen LogP contribution in [0.5, 0.6) is 5.75 Å². The molecule has 1 aliphatic rings. The first-order valence-corrected chi connectivity index (χ1v) is 7.87. The van der Waals surface area contributed by atoms with Gasteiger partial charge in [0.25, 0.3) is 0 Å². The van der Waals surface area contributed by atoms with Crippen LogP contribution >= 0.6 is 0 Å². The summed E-state index contributed by atoms with van der Waals surface area (Å²) >= 11 is 0. The molecule has 2 N–H and O–H groups in total. The van der Waals surface area contributed by atoms with Gasteiger partial charge in [-0.25, -0.2) is 0 Å². The topological polar surface area (TPSA) is 25.8 Å². The van der Waals surface area contributed by atoms with E-state index in [1.165, 1.54) is 24.8 Å². The fraction of sp³-hybridized carbons (Fsp3) is 0.556. The van der Waals surface area contributed by atoms with Gasteiger partial charge in [-0.05, 0) is 37.3 Å². The van der Waals surface area contributed by atoms with Gasteiger partial charge >= 0.3 is 0 Å². The van der Waals surface area contributed by atoms with Gasteiger partial charge in [0.1, 0.15) is 18.9 Å². The van der Waals surface area contributed by atoms with Crippen LogP contribution in [0.4, 0.5) is 0 Å². The number of para-hydroxylation sites is 1. The molecule has 20 heavy (non-hydrogen) atoms. The fourth-order valence-electron chi connectivity index (χ4n) is 3.20. The Kier molecular flexibility index (Phi) is 5.66. The second-order valence-electron chi connectivity index (χ2n) is 6.08. The van der Waals surface area contributed by atoms with E-state index in [2.05, 4.69) is 43.9 Å². The number of nitrogens with two attached hydrogens (primary N) is 1. The van der Waals surface area contributed by atoms with Gasteiger partial charge in [-0.1, -0.05) is 38.6 Å². The molecule has 1 aliphatic carbocycles. The third-order valence-corrected chi connectivity index (χ3v) is 4.74. The van der Waals surface area contributed by atoms with Crippen molar-refractivity contribution in [3.05, 3.63) is 42.5 Å². The summed E-state index contributed by atoms with van der Waals surface area (Å²) in [4.78, 5) is 0. The highest BCUT2D eigenvalue weighted by atomic mass is 16.5. The summed E-state index contributed by atoms with van der Waals surface area (Å²) in [5.74, 6) is 2.67. The minimum atomic E-state index is 0.577. The van der Waals surface area contributed by atoms with Crippen molar-refractivity contribution in [2.24, 2.45) is 11.8 Å². The van der Waals surface area contributed by atoms with E-state index < -0.39 is 0 Å². The van der Waals surface area contributed by atoms with E-state index in [0.717, 1.165) is 30.2 Å². The zero-order valence-corrected chi connectivity index (χ0v) is 12.8. The molecule has 0 heterocycles. The zero-order chi connectivity index (χ0) is 14.4. The Morgan fingerprint density at radius 2 is 2.10 bits per heavy atom. The van der Waals surface area contributed by atoms with E-state index in [1.807, 2.05) is 6.07 Å². The molecule has 3 atom stereocenters. The predicted octanol–water partition coefficient (Wildman–Crippen LogP) is 3.14. The first kappa shape index (κ1) is 15.1. The van der Waals surface area contributed by atoms with Gasteiger partial charge in [-0.2, -0.15) is 0 Å². The number of hydrogen-bond donors (Lipinski definition) is 1. The summed E-state index contributed by atoms with van der Waals surface area (Å²) in [6.07, 6.45) is 5.92. The van der Waals surface area contributed by atoms with Crippen LogP contribution < -0.4 is 10.1 Å². The Morgan fingerprint density at radius 3 is 2.90 bits per heavy atom. The highest BCUT2D eigenvalue weighted by Gasteiger charge is 2.29. The lowest BCUT2D eigenvalue weighted by molar-refractivity contribution is -0.713. The lowest BCUT2D eigenvalue weighted by atomic mass is 9.78. The molecule has 1 fully saturated rings. The van der Waals surface area contributed by atoms with E-state index in [-0.39, 0.29) is 0 Å². The zero-order valence-electron chi connectivity index (χ0n) is 12.8. The molecule has 2 heteroatoms. The maximum Gasteiger partial charge on any atom is 0.128 e. The van der Waals surface area contributed by atoms with E-state index in [1.54, 1.807) is 6.08 Å².